The Hall–Kier alpha value is -0.730. The molecule has 0 aromatic carbocycles. The van der Waals surface area contributed by atoms with Gasteiger partial charge in [0.2, 0.25) is 0 Å². The van der Waals surface area contributed by atoms with Crippen LogP contribution < -0.4 is 5.73 Å². The third kappa shape index (κ3) is 1.40. The molecule has 3 nitrogen and oxygen atoms in total. The van der Waals surface area contributed by atoms with Crippen LogP contribution in [-0.2, 0) is 4.74 Å². The Labute approximate surface area is 61.3 Å². The van der Waals surface area contributed by atoms with Crippen molar-refractivity contribution in [2.75, 3.05) is 6.54 Å². The van der Waals surface area contributed by atoms with E-state index in [1.165, 1.54) is 0 Å². The molecular weight excluding hydrogens is 128 g/mol. The van der Waals surface area contributed by atoms with Crippen LogP contribution in [0.2, 0.25) is 0 Å². The molecule has 0 amide bonds. The summed E-state index contributed by atoms with van der Waals surface area (Å²) in [5, 5.41) is 0. The molecule has 0 aromatic rings. The van der Waals surface area contributed by atoms with E-state index in [1.807, 2.05) is 6.92 Å². The van der Waals surface area contributed by atoms with E-state index in [1.54, 1.807) is 0 Å². The normalized spacial score (nSPS) is 31.6. The minimum absolute atomic E-state index is 0.112. The minimum Gasteiger partial charge on any atom is -0.457 e. The van der Waals surface area contributed by atoms with Crippen molar-refractivity contribution in [1.82, 2.24) is 0 Å². The number of nitrogens with two attached hydrogens (primary N) is 1. The van der Waals surface area contributed by atoms with Gasteiger partial charge in [0.15, 0.2) is 0 Å². The Morgan fingerprint density at radius 3 is 2.90 bits per heavy atom. The summed E-state index contributed by atoms with van der Waals surface area (Å²) in [6, 6.07) is 0.343. The fourth-order valence-corrected chi connectivity index (χ4v) is 1.22. The average Bonchev–Trinajstić information content (AvgIpc) is 2.12. The smallest absolute Gasteiger partial charge is 0.282 e. The zero-order valence-corrected chi connectivity index (χ0v) is 6.55. The molecule has 2 N–H and O–H groups in total. The lowest BCUT2D eigenvalue weighted by Gasteiger charge is -2.21. The Kier molecular flexibility index (Phi) is 1.83. The van der Waals surface area contributed by atoms with Crippen molar-refractivity contribution in [3.05, 3.63) is 0 Å². The SMILES string of the molecule is CCCC1(C)CN=C(N)O1. The number of aliphatic imine (C=N–C) groups is 1. The number of nitrogens with zero attached hydrogens (tertiary/aromatic N) is 1. The van der Waals surface area contributed by atoms with Gasteiger partial charge in [-0.3, -0.25) is 0 Å². The monoisotopic (exact) mass is 142 g/mol. The molecule has 1 aliphatic heterocycles. The quantitative estimate of drug-likeness (QED) is 0.622. The predicted molar refractivity (Wildman–Crippen MR) is 40.9 cm³/mol. The second-order valence-corrected chi connectivity index (χ2v) is 2.96. The van der Waals surface area contributed by atoms with Crippen LogP contribution in [0, 0.1) is 0 Å². The van der Waals surface area contributed by atoms with Crippen LogP contribution >= 0.6 is 0 Å². The number of ether oxygens (including phenoxy) is 1. The van der Waals surface area contributed by atoms with Crippen molar-refractivity contribution in [3.8, 4) is 0 Å². The van der Waals surface area contributed by atoms with E-state index < -0.39 is 0 Å². The molecule has 0 saturated heterocycles. The summed E-state index contributed by atoms with van der Waals surface area (Å²) in [5.41, 5.74) is 5.26. The molecule has 0 aliphatic carbocycles. The molecule has 10 heavy (non-hydrogen) atoms. The highest BCUT2D eigenvalue weighted by Gasteiger charge is 2.30. The first-order chi connectivity index (χ1) is 4.66. The molecule has 0 fully saturated rings. The standard InChI is InChI=1S/C7H14N2O/c1-3-4-7(2)5-9-6(8)10-7/h3-5H2,1-2H3,(H2,8,9). The first kappa shape index (κ1) is 7.38. The largest absolute Gasteiger partial charge is 0.457 e. The van der Waals surface area contributed by atoms with Crippen LogP contribution in [0.4, 0.5) is 0 Å². The van der Waals surface area contributed by atoms with E-state index in [9.17, 15) is 0 Å². The summed E-state index contributed by atoms with van der Waals surface area (Å²) in [6.45, 7) is 4.88. The Morgan fingerprint density at radius 1 is 1.80 bits per heavy atom. The summed E-state index contributed by atoms with van der Waals surface area (Å²) < 4.78 is 5.32. The summed E-state index contributed by atoms with van der Waals surface area (Å²) in [4.78, 5) is 3.98. The Bertz CT molecular complexity index is 156. The summed E-state index contributed by atoms with van der Waals surface area (Å²) >= 11 is 0. The van der Waals surface area contributed by atoms with Gasteiger partial charge in [-0.2, -0.15) is 0 Å². The van der Waals surface area contributed by atoms with Crippen molar-refractivity contribution >= 4 is 6.02 Å². The highest BCUT2D eigenvalue weighted by atomic mass is 16.5. The van der Waals surface area contributed by atoms with Gasteiger partial charge >= 0.3 is 0 Å². The fourth-order valence-electron chi connectivity index (χ4n) is 1.22. The van der Waals surface area contributed by atoms with Crippen LogP contribution in [-0.4, -0.2) is 18.2 Å². The van der Waals surface area contributed by atoms with Crippen molar-refractivity contribution in [2.24, 2.45) is 10.7 Å². The molecule has 1 aliphatic rings. The maximum Gasteiger partial charge on any atom is 0.282 e. The van der Waals surface area contributed by atoms with E-state index in [-0.39, 0.29) is 5.60 Å². The molecule has 0 saturated carbocycles. The molecule has 0 bridgehead atoms. The van der Waals surface area contributed by atoms with Gasteiger partial charge in [-0.25, -0.2) is 4.99 Å². The molecule has 58 valence electrons. The zero-order chi connectivity index (χ0) is 7.61. The minimum atomic E-state index is -0.112. The van der Waals surface area contributed by atoms with Gasteiger partial charge in [0.25, 0.3) is 6.02 Å². The molecule has 0 spiro atoms. The third-order valence-electron chi connectivity index (χ3n) is 1.70. The van der Waals surface area contributed by atoms with Gasteiger partial charge in [-0.1, -0.05) is 13.3 Å². The van der Waals surface area contributed by atoms with E-state index in [2.05, 4.69) is 11.9 Å². The first-order valence-corrected chi connectivity index (χ1v) is 3.65. The number of rotatable bonds is 2. The highest BCUT2D eigenvalue weighted by Crippen LogP contribution is 2.21. The lowest BCUT2D eigenvalue weighted by Crippen LogP contribution is -2.30. The Morgan fingerprint density at radius 2 is 2.50 bits per heavy atom. The van der Waals surface area contributed by atoms with E-state index >= 15 is 0 Å². The molecule has 1 rings (SSSR count). The molecule has 1 atom stereocenters. The third-order valence-corrected chi connectivity index (χ3v) is 1.70. The van der Waals surface area contributed by atoms with E-state index in [4.69, 9.17) is 10.5 Å². The zero-order valence-electron chi connectivity index (χ0n) is 6.55. The number of hydrogen-bond donors (Lipinski definition) is 1. The molecule has 0 radical (unpaired) electrons. The number of hydrogen-bond acceptors (Lipinski definition) is 3. The van der Waals surface area contributed by atoms with Crippen molar-refractivity contribution < 1.29 is 4.74 Å². The predicted octanol–water partition coefficient (Wildman–Crippen LogP) is 0.890. The molecule has 3 heteroatoms. The van der Waals surface area contributed by atoms with E-state index in [0.29, 0.717) is 12.6 Å². The van der Waals surface area contributed by atoms with Crippen molar-refractivity contribution in [1.29, 1.82) is 0 Å². The van der Waals surface area contributed by atoms with Gasteiger partial charge < -0.3 is 10.5 Å². The topological polar surface area (TPSA) is 47.6 Å². The summed E-state index contributed by atoms with van der Waals surface area (Å²) in [5.74, 6) is 0. The van der Waals surface area contributed by atoms with Crippen LogP contribution in [0.5, 0.6) is 0 Å². The van der Waals surface area contributed by atoms with Gasteiger partial charge in [0.1, 0.15) is 5.60 Å². The Balaban J connectivity index is 2.44. The molecule has 0 aromatic heterocycles. The molecule has 1 unspecified atom stereocenters. The van der Waals surface area contributed by atoms with Gasteiger partial charge in [-0.05, 0) is 13.3 Å². The lowest BCUT2D eigenvalue weighted by molar-refractivity contribution is 0.0956. The van der Waals surface area contributed by atoms with Crippen LogP contribution in [0.15, 0.2) is 4.99 Å². The maximum absolute atomic E-state index is 5.37. The summed E-state index contributed by atoms with van der Waals surface area (Å²) in [7, 11) is 0. The van der Waals surface area contributed by atoms with Gasteiger partial charge in [0, 0.05) is 0 Å². The maximum atomic E-state index is 5.37. The van der Waals surface area contributed by atoms with Crippen molar-refractivity contribution in [3.63, 3.8) is 0 Å². The average molecular weight is 142 g/mol. The summed E-state index contributed by atoms with van der Waals surface area (Å²) in [6.07, 6.45) is 2.14. The second-order valence-electron chi connectivity index (χ2n) is 2.96. The van der Waals surface area contributed by atoms with Crippen LogP contribution in [0.3, 0.4) is 0 Å². The van der Waals surface area contributed by atoms with Gasteiger partial charge in [0.05, 0.1) is 6.54 Å². The van der Waals surface area contributed by atoms with Crippen LogP contribution in [0.1, 0.15) is 26.7 Å². The molecular formula is C7H14N2O. The van der Waals surface area contributed by atoms with Gasteiger partial charge in [-0.15, -0.1) is 0 Å². The molecule has 1 heterocycles. The van der Waals surface area contributed by atoms with Crippen molar-refractivity contribution in [2.45, 2.75) is 32.3 Å². The fraction of sp³-hybridized carbons (Fsp3) is 0.857. The van der Waals surface area contributed by atoms with E-state index in [0.717, 1.165) is 12.8 Å². The van der Waals surface area contributed by atoms with Crippen LogP contribution in [0.25, 0.3) is 0 Å². The second kappa shape index (κ2) is 2.48. The first-order valence-electron chi connectivity index (χ1n) is 3.65. The highest BCUT2D eigenvalue weighted by molar-refractivity contribution is 5.73. The lowest BCUT2D eigenvalue weighted by atomic mass is 10.0. The number of amidine groups is 1.